The van der Waals surface area contributed by atoms with Crippen LogP contribution < -0.4 is 0 Å². The summed E-state index contributed by atoms with van der Waals surface area (Å²) in [7, 11) is 0. The largest absolute Gasteiger partial charge is 0.412 e. The Morgan fingerprint density at radius 1 is 0.750 bits per heavy atom. The first-order valence-corrected chi connectivity index (χ1v) is 0. The fourth-order valence-electron chi connectivity index (χ4n) is 0. The minimum Gasteiger partial charge on any atom is -0.412 e. The Bertz CT molecular complexity index is 6.00. The minimum atomic E-state index is 0. The third kappa shape index (κ3) is 12.9. The molecule has 0 aliphatic heterocycles. The van der Waals surface area contributed by atoms with E-state index in [1.165, 1.54) is 0 Å². The van der Waals surface area contributed by atoms with Crippen LogP contribution in [0.3, 0.4) is 0 Å². The van der Waals surface area contributed by atoms with Crippen LogP contribution in [0.5, 0.6) is 0 Å². The summed E-state index contributed by atoms with van der Waals surface area (Å²) in [5.74, 6) is 0. The van der Waals surface area contributed by atoms with Crippen LogP contribution in [0.1, 0.15) is 0 Å². The predicted molar refractivity (Wildman–Crippen MR) is 14.5 cm³/mol. The molecule has 0 amide bonds. The van der Waals surface area contributed by atoms with Gasteiger partial charge in [-0.2, -0.15) is 0 Å². The van der Waals surface area contributed by atoms with E-state index in [4.69, 9.17) is 0 Å². The first-order valence-electron chi connectivity index (χ1n) is 0. The van der Waals surface area contributed by atoms with Gasteiger partial charge in [0.25, 0.3) is 0 Å². The molecule has 0 spiro atoms. The number of rotatable bonds is 0. The maximum Gasteiger partial charge on any atom is 0 e. The second-order valence-corrected chi connectivity index (χ2v) is 0. The molecule has 0 saturated heterocycles. The fraction of sp³-hybridized carbons (Fsp3) is 0. The molecular weight excluding hydrogens is 263 g/mol. The van der Waals surface area contributed by atoms with Crippen molar-refractivity contribution in [1.82, 2.24) is 0 Å². The molecule has 34 valence electrons. The molecule has 0 aromatic carbocycles. The number of hydrogen-bond donors (Lipinski definition) is 0. The van der Waals surface area contributed by atoms with E-state index < -0.39 is 0 Å². The summed E-state index contributed by atoms with van der Waals surface area (Å²) in [4.78, 5) is 0. The van der Waals surface area contributed by atoms with Crippen LogP contribution >= 0.6 is 12.4 Å². The van der Waals surface area contributed by atoms with Crippen molar-refractivity contribution in [2.24, 2.45) is 0 Å². The molecule has 0 saturated carbocycles. The number of halogens is 1. The van der Waals surface area contributed by atoms with Gasteiger partial charge in [0.2, 0.25) is 0 Å². The van der Waals surface area contributed by atoms with Gasteiger partial charge in [-0.15, -0.1) is 12.4 Å². The van der Waals surface area contributed by atoms with Crippen molar-refractivity contribution in [3.8, 4) is 0 Å². The molecule has 0 aromatic heterocycles. The van der Waals surface area contributed by atoms with E-state index in [-0.39, 0.29) is 44.4 Å². The summed E-state index contributed by atoms with van der Waals surface area (Å²) in [6, 6.07) is 0. The van der Waals surface area contributed by atoms with Crippen molar-refractivity contribution in [3.05, 3.63) is 0 Å². The average Bonchev–Trinajstić information content (AvgIpc) is 0. The van der Waals surface area contributed by atoms with Gasteiger partial charge in [0.05, 0.1) is 0 Å². The van der Waals surface area contributed by atoms with Crippen molar-refractivity contribution in [2.75, 3.05) is 0 Å². The topological polar surface area (TPSA) is 63.0 Å². The third-order valence-corrected chi connectivity index (χ3v) is 0. The Morgan fingerprint density at radius 3 is 0.750 bits per heavy atom. The molecule has 4 N–H and O–H groups in total. The maximum atomic E-state index is 0. The fourth-order valence-corrected chi connectivity index (χ4v) is 0. The summed E-state index contributed by atoms with van der Waals surface area (Å²) in [6.07, 6.45) is 0. The molecule has 0 heterocycles. The molecule has 4 heavy (non-hydrogen) atoms. The number of hydrogen-bond acceptors (Lipinski definition) is 0. The van der Waals surface area contributed by atoms with Crippen LogP contribution in [0.15, 0.2) is 0 Å². The van der Waals surface area contributed by atoms with E-state index in [1.807, 2.05) is 0 Å². The van der Waals surface area contributed by atoms with Crippen LogP contribution in [0.2, 0.25) is 0 Å². The molecule has 0 rings (SSSR count). The summed E-state index contributed by atoms with van der Waals surface area (Å²) in [6.45, 7) is 0. The molecule has 0 radical (unpaired) electrons. The summed E-state index contributed by atoms with van der Waals surface area (Å²) in [5, 5.41) is 0. The molecule has 0 aromatic rings. The standard InChI is InChI=1S/ClH.2H2O.Pt/h1H;2*1H2;. The van der Waals surface area contributed by atoms with Crippen molar-refractivity contribution in [1.29, 1.82) is 0 Å². The zero-order valence-electron chi connectivity index (χ0n) is 1.72. The molecule has 0 atom stereocenters. The Morgan fingerprint density at radius 2 is 0.750 bits per heavy atom. The van der Waals surface area contributed by atoms with Crippen LogP contribution in [-0.4, -0.2) is 11.0 Å². The van der Waals surface area contributed by atoms with Gasteiger partial charge in [-0.05, 0) is 0 Å². The molecule has 0 aliphatic rings. The van der Waals surface area contributed by atoms with Gasteiger partial charge >= 0.3 is 0 Å². The Hall–Kier alpha value is 0.898. The zero-order chi connectivity index (χ0) is 0. The Labute approximate surface area is 44.9 Å². The van der Waals surface area contributed by atoms with Gasteiger partial charge in [0.15, 0.2) is 0 Å². The van der Waals surface area contributed by atoms with Crippen molar-refractivity contribution < 1.29 is 32.0 Å². The Balaban J connectivity index is 0. The first-order chi connectivity index (χ1) is 0. The average molecular weight is 268 g/mol. The zero-order valence-corrected chi connectivity index (χ0v) is 4.81. The monoisotopic (exact) mass is 267 g/mol. The van der Waals surface area contributed by atoms with E-state index >= 15 is 0 Å². The molecular formula is H5ClO2Pt. The van der Waals surface area contributed by atoms with Gasteiger partial charge < -0.3 is 11.0 Å². The van der Waals surface area contributed by atoms with Crippen molar-refractivity contribution in [3.63, 3.8) is 0 Å². The minimum absolute atomic E-state index is 0. The first kappa shape index (κ1) is 92.2. The van der Waals surface area contributed by atoms with Crippen LogP contribution in [0.4, 0.5) is 0 Å². The van der Waals surface area contributed by atoms with Crippen LogP contribution in [0, 0.1) is 0 Å². The molecule has 0 bridgehead atoms. The van der Waals surface area contributed by atoms with Crippen molar-refractivity contribution >= 4 is 12.4 Å². The maximum absolute atomic E-state index is 0. The van der Waals surface area contributed by atoms with Gasteiger partial charge in [-0.1, -0.05) is 0 Å². The molecule has 0 fully saturated rings. The predicted octanol–water partition coefficient (Wildman–Crippen LogP) is -1.23. The summed E-state index contributed by atoms with van der Waals surface area (Å²) in [5.41, 5.74) is 0. The third-order valence-electron chi connectivity index (χ3n) is 0. The van der Waals surface area contributed by atoms with E-state index in [9.17, 15) is 0 Å². The van der Waals surface area contributed by atoms with Gasteiger partial charge in [0, 0.05) is 21.1 Å². The molecule has 4 heteroatoms. The van der Waals surface area contributed by atoms with E-state index in [0.29, 0.717) is 0 Å². The van der Waals surface area contributed by atoms with Crippen LogP contribution in [0.25, 0.3) is 0 Å². The van der Waals surface area contributed by atoms with Gasteiger partial charge in [0.1, 0.15) is 0 Å². The normalized spacial score (nSPS) is 0. The van der Waals surface area contributed by atoms with E-state index in [1.54, 1.807) is 0 Å². The Kier molecular flexibility index (Phi) is 936. The van der Waals surface area contributed by atoms with Crippen molar-refractivity contribution in [2.45, 2.75) is 0 Å². The summed E-state index contributed by atoms with van der Waals surface area (Å²) < 4.78 is 0. The quantitative estimate of drug-likeness (QED) is 0.528. The molecule has 0 unspecified atom stereocenters. The molecule has 0 aliphatic carbocycles. The van der Waals surface area contributed by atoms with Gasteiger partial charge in [-0.3, -0.25) is 0 Å². The smallest absolute Gasteiger partial charge is 0 e. The van der Waals surface area contributed by atoms with E-state index in [0.717, 1.165) is 0 Å². The second-order valence-electron chi connectivity index (χ2n) is 0. The summed E-state index contributed by atoms with van der Waals surface area (Å²) >= 11 is 0. The van der Waals surface area contributed by atoms with Crippen LogP contribution in [-0.2, 0) is 21.1 Å². The van der Waals surface area contributed by atoms with E-state index in [2.05, 4.69) is 0 Å². The molecule has 2 nitrogen and oxygen atoms in total. The second kappa shape index (κ2) is 40.6. The SMILES string of the molecule is Cl.O.O.[Pt]. The van der Waals surface area contributed by atoms with Gasteiger partial charge in [-0.25, -0.2) is 0 Å².